The molecule has 0 spiro atoms. The first-order valence-corrected chi connectivity index (χ1v) is 9.82. The summed E-state index contributed by atoms with van der Waals surface area (Å²) in [6, 6.07) is 29.8. The first-order valence-electron chi connectivity index (χ1n) is 9.82. The molecule has 1 N–H and O–H groups in total. The number of nitrogens with zero attached hydrogens (tertiary/aromatic N) is 2. The van der Waals surface area contributed by atoms with Gasteiger partial charge in [0, 0.05) is 11.1 Å². The van der Waals surface area contributed by atoms with Gasteiger partial charge in [0.25, 0.3) is 0 Å². The van der Waals surface area contributed by atoms with Crippen molar-refractivity contribution in [2.75, 3.05) is 22.4 Å². The molecule has 0 unspecified atom stereocenters. The molecule has 0 atom stereocenters. The van der Waals surface area contributed by atoms with Crippen LogP contribution in [0.25, 0.3) is 10.8 Å². The maximum absolute atomic E-state index is 13.3. The summed E-state index contributed by atoms with van der Waals surface area (Å²) in [4.78, 5) is 10.1. The summed E-state index contributed by atoms with van der Waals surface area (Å²) in [5, 5.41) is 6.66. The first kappa shape index (κ1) is 21.5. The summed E-state index contributed by atoms with van der Waals surface area (Å²) >= 11 is 0. The molecule has 4 rings (SSSR count). The number of alkyl halides is 3. The second kappa shape index (κ2) is 9.59. The molecular formula is C24H20F3N3O2. The smallest absolute Gasteiger partial charge is 0.360 e. The van der Waals surface area contributed by atoms with Gasteiger partial charge in [-0.3, -0.25) is 0 Å². The lowest BCUT2D eigenvalue weighted by Gasteiger charge is -2.35. The highest BCUT2D eigenvalue weighted by molar-refractivity contribution is 5.93. The molecule has 0 aromatic heterocycles. The number of fused-ring (bicyclic) bond motifs is 1. The monoisotopic (exact) mass is 439 g/mol. The Morgan fingerprint density at radius 2 is 1.22 bits per heavy atom. The second-order valence-corrected chi connectivity index (χ2v) is 6.73. The van der Waals surface area contributed by atoms with E-state index in [9.17, 15) is 13.2 Å². The molecule has 4 aromatic carbocycles. The molecule has 0 radical (unpaired) electrons. The van der Waals surface area contributed by atoms with Gasteiger partial charge in [0.1, 0.15) is 6.73 Å². The number of rotatable bonds is 8. The van der Waals surface area contributed by atoms with Gasteiger partial charge in [-0.15, -0.1) is 28.4 Å². The van der Waals surface area contributed by atoms with Gasteiger partial charge in [0.05, 0.1) is 11.4 Å². The molecule has 0 amide bonds. The lowest BCUT2D eigenvalue weighted by atomic mass is 10.1. The van der Waals surface area contributed by atoms with Crippen molar-refractivity contribution in [1.29, 1.82) is 0 Å². The van der Waals surface area contributed by atoms with E-state index < -0.39 is 6.36 Å². The van der Waals surface area contributed by atoms with Crippen LogP contribution in [0.5, 0.6) is 0 Å². The fourth-order valence-corrected chi connectivity index (χ4v) is 3.19. The highest BCUT2D eigenvalue weighted by Crippen LogP contribution is 2.29. The lowest BCUT2D eigenvalue weighted by molar-refractivity contribution is -0.336. The number of hydrazine groups is 1. The number of anilines is 3. The molecule has 0 heterocycles. The number of hydrogen-bond acceptors (Lipinski definition) is 5. The van der Waals surface area contributed by atoms with Crippen LogP contribution < -0.4 is 15.7 Å². The van der Waals surface area contributed by atoms with E-state index in [-0.39, 0.29) is 12.4 Å². The van der Waals surface area contributed by atoms with Gasteiger partial charge in [-0.1, -0.05) is 72.8 Å². The summed E-state index contributed by atoms with van der Waals surface area (Å²) in [6.07, 6.45) is -4.94. The Kier molecular flexibility index (Phi) is 6.44. The third-order valence-electron chi connectivity index (χ3n) is 4.55. The Labute approximate surface area is 183 Å². The number of nitrogens with one attached hydrogen (secondary N) is 1. The van der Waals surface area contributed by atoms with E-state index >= 15 is 0 Å². The third kappa shape index (κ3) is 5.29. The normalized spacial score (nSPS) is 11.3. The minimum Gasteiger partial charge on any atom is -0.360 e. The van der Waals surface area contributed by atoms with Crippen LogP contribution in [0.1, 0.15) is 0 Å². The van der Waals surface area contributed by atoms with Crippen LogP contribution >= 0.6 is 0 Å². The Bertz CT molecular complexity index is 1140. The maximum Gasteiger partial charge on any atom is 0.545 e. The molecule has 0 saturated carbocycles. The maximum atomic E-state index is 13.3. The van der Waals surface area contributed by atoms with Crippen LogP contribution in [0.3, 0.4) is 0 Å². The fourth-order valence-electron chi connectivity index (χ4n) is 3.19. The molecule has 32 heavy (non-hydrogen) atoms. The minimum absolute atomic E-state index is 0.118. The summed E-state index contributed by atoms with van der Waals surface area (Å²) in [7, 11) is 0. The predicted octanol–water partition coefficient (Wildman–Crippen LogP) is 6.52. The molecule has 8 heteroatoms. The predicted molar refractivity (Wildman–Crippen MR) is 119 cm³/mol. The molecule has 0 aliphatic carbocycles. The Morgan fingerprint density at radius 1 is 0.656 bits per heavy atom. The van der Waals surface area contributed by atoms with Crippen molar-refractivity contribution in [3.05, 3.63) is 103 Å². The first-order chi connectivity index (χ1) is 15.5. The van der Waals surface area contributed by atoms with Gasteiger partial charge < -0.3 is 5.32 Å². The summed E-state index contributed by atoms with van der Waals surface area (Å²) in [5.74, 6) is 0. The van der Waals surface area contributed by atoms with E-state index in [2.05, 4.69) is 10.2 Å². The van der Waals surface area contributed by atoms with E-state index in [0.29, 0.717) is 10.9 Å². The standard InChI is InChI=1S/C24H20F3N3O2/c25-24(26,27)32-30(21-14-5-2-6-15-21)29(20-12-3-1-4-13-20)31-18-28-23-17-9-11-19-10-7-8-16-22(19)23/h1-17,28H,18H2. The minimum atomic E-state index is -4.94. The highest BCUT2D eigenvalue weighted by atomic mass is 19.4. The van der Waals surface area contributed by atoms with Gasteiger partial charge in [-0.25, -0.2) is 4.84 Å². The summed E-state index contributed by atoms with van der Waals surface area (Å²) < 4.78 is 39.8. The molecule has 0 aliphatic heterocycles. The SMILES string of the molecule is FC(F)(F)ON(c1ccccc1)N(OCNc1cccc2ccccc12)c1ccccc1. The molecule has 4 aromatic rings. The van der Waals surface area contributed by atoms with Crippen molar-refractivity contribution >= 4 is 27.8 Å². The molecular weight excluding hydrogens is 419 g/mol. The van der Waals surface area contributed by atoms with Gasteiger partial charge in [0.2, 0.25) is 0 Å². The zero-order valence-electron chi connectivity index (χ0n) is 16.9. The van der Waals surface area contributed by atoms with Crippen LogP contribution in [0.4, 0.5) is 30.2 Å². The van der Waals surface area contributed by atoms with Crippen molar-refractivity contribution < 1.29 is 22.8 Å². The van der Waals surface area contributed by atoms with Crippen LogP contribution in [-0.2, 0) is 9.68 Å². The van der Waals surface area contributed by atoms with Gasteiger partial charge >= 0.3 is 6.36 Å². The number of para-hydroxylation sites is 2. The van der Waals surface area contributed by atoms with Crippen LogP contribution in [0.15, 0.2) is 103 Å². The van der Waals surface area contributed by atoms with Crippen molar-refractivity contribution in [2.45, 2.75) is 6.36 Å². The Balaban J connectivity index is 1.61. The van der Waals surface area contributed by atoms with E-state index in [1.165, 1.54) is 12.1 Å². The average molecular weight is 439 g/mol. The van der Waals surface area contributed by atoms with Gasteiger partial charge in [0.15, 0.2) is 0 Å². The summed E-state index contributed by atoms with van der Waals surface area (Å²) in [6.45, 7) is -0.118. The zero-order chi connectivity index (χ0) is 22.4. The van der Waals surface area contributed by atoms with Crippen molar-refractivity contribution in [2.24, 2.45) is 0 Å². The number of halogens is 3. The zero-order valence-corrected chi connectivity index (χ0v) is 16.9. The molecule has 0 saturated heterocycles. The van der Waals surface area contributed by atoms with Crippen LogP contribution in [-0.4, -0.2) is 13.1 Å². The van der Waals surface area contributed by atoms with Crippen molar-refractivity contribution in [3.63, 3.8) is 0 Å². The van der Waals surface area contributed by atoms with Crippen LogP contribution in [0.2, 0.25) is 0 Å². The Hall–Kier alpha value is -3.75. The van der Waals surface area contributed by atoms with E-state index in [0.717, 1.165) is 21.6 Å². The quantitative estimate of drug-likeness (QED) is 0.250. The molecule has 0 aliphatic rings. The lowest BCUT2D eigenvalue weighted by Crippen LogP contribution is -2.47. The number of hydrogen-bond donors (Lipinski definition) is 1. The van der Waals surface area contributed by atoms with Crippen molar-refractivity contribution in [3.8, 4) is 0 Å². The van der Waals surface area contributed by atoms with E-state index in [1.54, 1.807) is 48.5 Å². The topological polar surface area (TPSA) is 37.0 Å². The van der Waals surface area contributed by atoms with E-state index in [4.69, 9.17) is 4.84 Å². The third-order valence-corrected chi connectivity index (χ3v) is 4.55. The molecule has 0 bridgehead atoms. The van der Waals surface area contributed by atoms with E-state index in [1.807, 2.05) is 42.5 Å². The molecule has 5 nitrogen and oxygen atoms in total. The Morgan fingerprint density at radius 3 is 1.88 bits per heavy atom. The molecule has 164 valence electrons. The molecule has 0 fully saturated rings. The largest absolute Gasteiger partial charge is 0.545 e. The van der Waals surface area contributed by atoms with Crippen LogP contribution in [0, 0.1) is 0 Å². The number of benzene rings is 4. The van der Waals surface area contributed by atoms with Crippen molar-refractivity contribution in [1.82, 2.24) is 0 Å². The highest BCUT2D eigenvalue weighted by Gasteiger charge is 2.37. The fraction of sp³-hybridized carbons (Fsp3) is 0.0833. The summed E-state index contributed by atoms with van der Waals surface area (Å²) in [5.41, 5.74) is 1.28. The van der Waals surface area contributed by atoms with Gasteiger partial charge in [-0.05, 0) is 35.7 Å². The average Bonchev–Trinajstić information content (AvgIpc) is 2.81. The second-order valence-electron chi connectivity index (χ2n) is 6.73. The van der Waals surface area contributed by atoms with Gasteiger partial charge in [-0.2, -0.15) is 0 Å².